The minimum absolute atomic E-state index is 0.00724. The Morgan fingerprint density at radius 2 is 0.493 bits per heavy atom. The Morgan fingerprint density at radius 3 is 0.710 bits per heavy atom. The quantitative estimate of drug-likeness (QED) is 0.154. The SMILES string of the molecule is CC1=Cc2c(-c3ccccc3)cccc2[C]12[SiH](C)[C]1(C(C)=Cc3c(-c4ccccc4)cccc31)[Zr]21[C]2(C(C)=Cc3c(-c4ccccc4)cccc32)[SiH](C)[C]12C(C)=Cc1c(-c3ccccc3)cccc12. The van der Waals surface area contributed by atoms with E-state index in [1.807, 2.05) is 0 Å². The molecule has 332 valence electrons. The molecule has 3 heteroatoms. The van der Waals surface area contributed by atoms with Gasteiger partial charge in [-0.05, 0) is 0 Å². The summed E-state index contributed by atoms with van der Waals surface area (Å²) in [5.41, 5.74) is 30.2. The first-order valence-corrected chi connectivity index (χ1v) is 34.8. The Bertz CT molecular complexity index is 3160. The van der Waals surface area contributed by atoms with Gasteiger partial charge in [-0.3, -0.25) is 0 Å². The second-order valence-corrected chi connectivity index (χ2v) is 44.7. The normalized spacial score (nSPS) is 28.2. The number of benzene rings is 8. The predicted molar refractivity (Wildman–Crippen MR) is 295 cm³/mol. The van der Waals surface area contributed by atoms with Gasteiger partial charge in [-0.25, -0.2) is 0 Å². The van der Waals surface area contributed by atoms with Gasteiger partial charge in [0.25, 0.3) is 0 Å². The molecule has 8 aromatic rings. The van der Waals surface area contributed by atoms with Crippen molar-refractivity contribution in [3.63, 3.8) is 0 Å². The molecule has 2 fully saturated rings. The Labute approximate surface area is 416 Å². The van der Waals surface area contributed by atoms with Gasteiger partial charge in [0.2, 0.25) is 0 Å². The molecular formula is C66H56Si2Zr. The molecule has 0 saturated carbocycles. The summed E-state index contributed by atoms with van der Waals surface area (Å²) in [6.07, 6.45) is 11.0. The number of hydrogen-bond acceptors (Lipinski definition) is 0. The summed E-state index contributed by atoms with van der Waals surface area (Å²) in [6, 6.07) is 75.4. The molecule has 0 bridgehead atoms. The molecule has 4 atom stereocenters. The monoisotopic (exact) mass is 994 g/mol. The fourth-order valence-electron chi connectivity index (χ4n) is 17.9. The van der Waals surface area contributed by atoms with E-state index < -0.39 is 37.9 Å². The summed E-state index contributed by atoms with van der Waals surface area (Å²) < 4.78 is -0.0290. The Hall–Kier alpha value is -5.96. The van der Waals surface area contributed by atoms with Gasteiger partial charge in [-0.2, -0.15) is 0 Å². The van der Waals surface area contributed by atoms with Crippen molar-refractivity contribution in [1.29, 1.82) is 0 Å². The number of hydrogen-bond donors (Lipinski definition) is 0. The van der Waals surface area contributed by atoms with Crippen LogP contribution in [0.25, 0.3) is 68.8 Å². The molecule has 0 aromatic heterocycles. The van der Waals surface area contributed by atoms with Crippen LogP contribution >= 0.6 is 0 Å². The summed E-state index contributed by atoms with van der Waals surface area (Å²) in [5, 5.41) is 0. The molecule has 14 rings (SSSR count). The molecule has 4 aliphatic carbocycles. The van der Waals surface area contributed by atoms with Gasteiger partial charge in [0.1, 0.15) is 0 Å². The van der Waals surface area contributed by atoms with E-state index in [-0.39, 0.29) is 11.0 Å². The van der Waals surface area contributed by atoms with Crippen molar-refractivity contribution in [1.82, 2.24) is 0 Å². The summed E-state index contributed by atoms with van der Waals surface area (Å²) >= 11 is -4.64. The van der Waals surface area contributed by atoms with Gasteiger partial charge in [0, 0.05) is 0 Å². The third kappa shape index (κ3) is 4.54. The Kier molecular flexibility index (Phi) is 8.85. The fraction of sp³-hybridized carbons (Fsp3) is 0.152. The number of fused-ring (bicyclic) bond motifs is 12. The van der Waals surface area contributed by atoms with E-state index in [0.29, 0.717) is 0 Å². The van der Waals surface area contributed by atoms with Crippen LogP contribution in [0.1, 0.15) is 72.2 Å². The third-order valence-corrected chi connectivity index (χ3v) is 68.8. The first-order chi connectivity index (χ1) is 33.7. The van der Waals surface area contributed by atoms with E-state index in [1.54, 1.807) is 44.5 Å². The standard InChI is InChI=1S/2C33H28Si.Zr/c2*1-22-20-30-26(24-12-6-4-7-13-24)16-10-18-28(30)32(22)34(3)33-23(2)21-31-27(17-11-19-29(31)33)25-14-8-5-9-15-25;/h2*4-21,34H,1-3H3;. The molecule has 2 saturated heterocycles. The van der Waals surface area contributed by atoms with Gasteiger partial charge >= 0.3 is 419 Å². The zero-order valence-corrected chi connectivity index (χ0v) is 45.2. The van der Waals surface area contributed by atoms with Gasteiger partial charge in [0.05, 0.1) is 0 Å². The van der Waals surface area contributed by atoms with Gasteiger partial charge in [0.15, 0.2) is 0 Å². The first kappa shape index (κ1) is 42.0. The number of allylic oxidation sites excluding steroid dienone is 4. The molecule has 8 aromatic carbocycles. The van der Waals surface area contributed by atoms with Crippen LogP contribution in [0.5, 0.6) is 0 Å². The molecule has 0 amide bonds. The van der Waals surface area contributed by atoms with Crippen molar-refractivity contribution < 1.29 is 20.3 Å². The summed E-state index contributed by atoms with van der Waals surface area (Å²) in [5.74, 6) is 0. The van der Waals surface area contributed by atoms with Gasteiger partial charge < -0.3 is 0 Å². The maximum atomic E-state index is 2.88. The fourth-order valence-corrected chi connectivity index (χ4v) is 90.5. The predicted octanol–water partition coefficient (Wildman–Crippen LogP) is 16.0. The van der Waals surface area contributed by atoms with Crippen LogP contribution in [0.2, 0.25) is 13.1 Å². The Balaban J connectivity index is 1.19. The van der Waals surface area contributed by atoms with Crippen LogP contribution in [0, 0.1) is 0 Å². The molecule has 69 heavy (non-hydrogen) atoms. The molecule has 0 nitrogen and oxygen atoms in total. The summed E-state index contributed by atoms with van der Waals surface area (Å²) in [7, 11) is -3.90. The zero-order chi connectivity index (χ0) is 46.7. The molecule has 0 N–H and O–H groups in total. The molecular weight excluding hydrogens is 940 g/mol. The maximum absolute atomic E-state index is 4.64. The second kappa shape index (κ2) is 14.5. The van der Waals surface area contributed by atoms with Crippen molar-refractivity contribution in [2.45, 2.75) is 51.8 Å². The van der Waals surface area contributed by atoms with E-state index in [1.165, 1.54) is 66.8 Å². The molecule has 5 spiro atoms. The summed E-state index contributed by atoms with van der Waals surface area (Å²) in [6.45, 7) is 16.3. The van der Waals surface area contributed by atoms with Crippen LogP contribution in [0.3, 0.4) is 0 Å². The molecule has 4 unspecified atom stereocenters. The van der Waals surface area contributed by atoms with Gasteiger partial charge in [-0.15, -0.1) is 0 Å². The van der Waals surface area contributed by atoms with Crippen molar-refractivity contribution in [2.75, 3.05) is 0 Å². The van der Waals surface area contributed by atoms with Crippen molar-refractivity contribution in [3.05, 3.63) is 261 Å². The van der Waals surface area contributed by atoms with E-state index >= 15 is 0 Å². The van der Waals surface area contributed by atoms with Crippen molar-refractivity contribution in [3.8, 4) is 44.5 Å². The number of rotatable bonds is 4. The first-order valence-electron chi connectivity index (χ1n) is 25.2. The van der Waals surface area contributed by atoms with E-state index in [4.69, 9.17) is 0 Å². The zero-order valence-electron chi connectivity index (χ0n) is 40.4. The Morgan fingerprint density at radius 1 is 0.275 bits per heavy atom. The van der Waals surface area contributed by atoms with Crippen LogP contribution < -0.4 is 0 Å². The molecule has 2 aliphatic heterocycles. The van der Waals surface area contributed by atoms with Crippen LogP contribution in [-0.4, -0.2) is 17.6 Å². The average molecular weight is 997 g/mol. The van der Waals surface area contributed by atoms with E-state index in [0.717, 1.165) is 0 Å². The van der Waals surface area contributed by atoms with E-state index in [9.17, 15) is 0 Å². The van der Waals surface area contributed by atoms with Crippen molar-refractivity contribution in [2.24, 2.45) is 0 Å². The average Bonchev–Trinajstić information content (AvgIpc) is 4.11. The second-order valence-electron chi connectivity index (χ2n) is 21.3. The van der Waals surface area contributed by atoms with E-state index in [2.05, 4.69) is 259 Å². The van der Waals surface area contributed by atoms with Crippen molar-refractivity contribution >= 4 is 41.9 Å². The molecule has 6 aliphatic rings. The van der Waals surface area contributed by atoms with Crippen LogP contribution in [-0.2, 0) is 31.3 Å². The van der Waals surface area contributed by atoms with Gasteiger partial charge in [-0.1, -0.05) is 0 Å². The van der Waals surface area contributed by atoms with Crippen LogP contribution in [0.15, 0.2) is 216 Å². The molecule has 0 radical (unpaired) electrons. The third-order valence-electron chi connectivity index (χ3n) is 19.4. The van der Waals surface area contributed by atoms with Crippen LogP contribution in [0.4, 0.5) is 0 Å². The summed E-state index contributed by atoms with van der Waals surface area (Å²) in [4.78, 5) is 0. The topological polar surface area (TPSA) is 0 Å². The minimum atomic E-state index is -4.64. The molecule has 2 heterocycles.